The maximum Gasteiger partial charge on any atom is 0.380 e. The van der Waals surface area contributed by atoms with Gasteiger partial charge in [-0.25, -0.2) is 0 Å². The number of allylic oxidation sites excluding steroid dienone is 2. The highest BCUT2D eigenvalue weighted by atomic mass is 32.1. The summed E-state index contributed by atoms with van der Waals surface area (Å²) in [5, 5.41) is -0.108. The van der Waals surface area contributed by atoms with Gasteiger partial charge < -0.3 is 13.9 Å². The fourth-order valence-corrected chi connectivity index (χ4v) is 11.7. The second-order valence-corrected chi connectivity index (χ2v) is 21.6. The lowest BCUT2D eigenvalue weighted by molar-refractivity contribution is -0.254. The van der Waals surface area contributed by atoms with Crippen LogP contribution in [0.25, 0.3) is 52.9 Å². The summed E-state index contributed by atoms with van der Waals surface area (Å²) in [5.41, 5.74) is -1.99. The molecule has 1 aliphatic rings. The Balaban J connectivity index is 1.65. The first-order chi connectivity index (χ1) is 27.7. The molecule has 0 fully saturated rings. The minimum Gasteiger partial charge on any atom is -0.493 e. The van der Waals surface area contributed by atoms with Gasteiger partial charge in [0.25, 0.3) is 0 Å². The van der Waals surface area contributed by atoms with Crippen molar-refractivity contribution < 1.29 is 40.2 Å². The van der Waals surface area contributed by atoms with Crippen LogP contribution in [-0.2, 0) is 16.2 Å². The molecule has 7 rings (SSSR count). The Hall–Kier alpha value is -4.00. The molecule has 0 saturated carbocycles. The molecular weight excluding hydrogens is 835 g/mol. The topological polar surface area (TPSA) is 31.6 Å². The molecular formula is C48H50F6O3S3. The second kappa shape index (κ2) is 14.5. The molecule has 0 spiro atoms. The van der Waals surface area contributed by atoms with E-state index in [0.717, 1.165) is 49.1 Å². The van der Waals surface area contributed by atoms with Crippen molar-refractivity contribution in [1.82, 2.24) is 0 Å². The van der Waals surface area contributed by atoms with Gasteiger partial charge in [0.1, 0.15) is 11.3 Å². The number of alkyl halides is 6. The zero-order valence-corrected chi connectivity index (χ0v) is 38.6. The SMILES string of the molecule is CCC(C)(C)c1cc(C)c(-c2cc(C3=C(c4c(-c5ccc(C(C)(C)C)cc5)oc5cc(OC)c(OC)cc45)C(F)(F)C(F)(F)C3(F)F)c(-c3sc(C(C)(C)C)cc3C)s2)s1. The fraction of sp³-hybridized carbons (Fsp3) is 0.417. The highest BCUT2D eigenvalue weighted by Gasteiger charge is 2.81. The predicted octanol–water partition coefficient (Wildman–Crippen LogP) is 16.4. The Morgan fingerprint density at radius 2 is 1.18 bits per heavy atom. The van der Waals surface area contributed by atoms with E-state index in [-0.39, 0.29) is 60.5 Å². The van der Waals surface area contributed by atoms with Crippen molar-refractivity contribution in [3.63, 3.8) is 0 Å². The molecule has 60 heavy (non-hydrogen) atoms. The summed E-state index contributed by atoms with van der Waals surface area (Å²) < 4.78 is 119. The number of ether oxygens (including phenoxy) is 2. The monoisotopic (exact) mass is 884 g/mol. The van der Waals surface area contributed by atoms with Crippen molar-refractivity contribution in [2.24, 2.45) is 0 Å². The normalized spacial score (nSPS) is 16.6. The molecule has 320 valence electrons. The van der Waals surface area contributed by atoms with Crippen molar-refractivity contribution in [2.75, 3.05) is 14.2 Å². The minimum absolute atomic E-state index is 0.0332. The first-order valence-electron chi connectivity index (χ1n) is 19.8. The average molecular weight is 885 g/mol. The Morgan fingerprint density at radius 3 is 1.73 bits per heavy atom. The Morgan fingerprint density at radius 1 is 0.633 bits per heavy atom. The van der Waals surface area contributed by atoms with Crippen LogP contribution in [0.15, 0.2) is 59.0 Å². The van der Waals surface area contributed by atoms with E-state index >= 15 is 26.3 Å². The molecule has 1 aliphatic carbocycles. The third kappa shape index (κ3) is 6.83. The molecule has 0 saturated heterocycles. The highest BCUT2D eigenvalue weighted by molar-refractivity contribution is 7.27. The standard InChI is InChI=1S/C48H50F6O3S3/c1-14-45(10,11)35-20-24(2)40(60-35)33-22-29(42(58-33)41-25(3)19-34(59-41)44(7,8)9)37-38(47(51,52)48(53,54)46(37,49)50)36-28-21-31(55-12)32(56-13)23-30(28)57-39(36)26-15-17-27(18-16-26)43(4,5)6/h15-23H,14H2,1-13H3. The van der Waals surface area contributed by atoms with Gasteiger partial charge in [-0.05, 0) is 77.5 Å². The molecule has 6 aromatic rings. The first kappa shape index (κ1) is 44.1. The van der Waals surface area contributed by atoms with E-state index in [1.165, 1.54) is 55.1 Å². The van der Waals surface area contributed by atoms with E-state index in [4.69, 9.17) is 13.9 Å². The molecule has 0 aliphatic heterocycles. The van der Waals surface area contributed by atoms with E-state index in [1.54, 1.807) is 24.3 Å². The summed E-state index contributed by atoms with van der Waals surface area (Å²) in [7, 11) is 2.71. The van der Waals surface area contributed by atoms with Gasteiger partial charge in [-0.3, -0.25) is 0 Å². The van der Waals surface area contributed by atoms with Crippen LogP contribution in [0.5, 0.6) is 11.5 Å². The summed E-state index contributed by atoms with van der Waals surface area (Å²) in [6, 6.07) is 15.0. The number of rotatable bonds is 9. The fourth-order valence-electron chi connectivity index (χ4n) is 7.58. The van der Waals surface area contributed by atoms with Crippen molar-refractivity contribution >= 4 is 56.1 Å². The van der Waals surface area contributed by atoms with Crippen LogP contribution in [-0.4, -0.2) is 32.0 Å². The third-order valence-electron chi connectivity index (χ3n) is 11.7. The molecule has 0 unspecified atom stereocenters. The number of benzene rings is 2. The number of methoxy groups -OCH3 is 2. The first-order valence-corrected chi connectivity index (χ1v) is 22.2. The summed E-state index contributed by atoms with van der Waals surface area (Å²) >= 11 is 4.01. The third-order valence-corrected chi connectivity index (χ3v) is 16.4. The van der Waals surface area contributed by atoms with Gasteiger partial charge in [0.15, 0.2) is 11.5 Å². The molecule has 4 aromatic heterocycles. The minimum atomic E-state index is -5.82. The van der Waals surface area contributed by atoms with Crippen LogP contribution in [0.1, 0.15) is 106 Å². The molecule has 0 amide bonds. The van der Waals surface area contributed by atoms with E-state index in [1.807, 2.05) is 61.5 Å². The summed E-state index contributed by atoms with van der Waals surface area (Å²) in [4.78, 5) is 4.06. The molecule has 0 N–H and O–H groups in total. The molecule has 0 atom stereocenters. The number of furan rings is 1. The summed E-state index contributed by atoms with van der Waals surface area (Å²) in [6.07, 6.45) is 0.834. The van der Waals surface area contributed by atoms with Gasteiger partial charge in [0, 0.05) is 63.7 Å². The Bertz CT molecular complexity index is 2650. The van der Waals surface area contributed by atoms with E-state index < -0.39 is 34.5 Å². The van der Waals surface area contributed by atoms with Gasteiger partial charge in [0.05, 0.1) is 19.1 Å². The van der Waals surface area contributed by atoms with Gasteiger partial charge in [-0.1, -0.05) is 86.6 Å². The maximum absolute atomic E-state index is 17.1. The molecule has 4 heterocycles. The molecule has 2 aromatic carbocycles. The zero-order valence-electron chi connectivity index (χ0n) is 36.1. The quantitative estimate of drug-likeness (QED) is 0.136. The lowest BCUT2D eigenvalue weighted by Crippen LogP contribution is -2.48. The second-order valence-electron chi connectivity index (χ2n) is 18.4. The molecule has 0 radical (unpaired) electrons. The van der Waals surface area contributed by atoms with Crippen molar-refractivity contribution in [2.45, 2.75) is 117 Å². The number of hydrogen-bond donors (Lipinski definition) is 0. The molecule has 0 bridgehead atoms. The molecule has 3 nitrogen and oxygen atoms in total. The molecule has 12 heteroatoms. The van der Waals surface area contributed by atoms with Crippen LogP contribution in [0.2, 0.25) is 0 Å². The number of aryl methyl sites for hydroxylation is 2. The van der Waals surface area contributed by atoms with Crippen LogP contribution in [0.4, 0.5) is 26.3 Å². The van der Waals surface area contributed by atoms with Gasteiger partial charge in [-0.15, -0.1) is 34.0 Å². The number of thiophene rings is 3. The van der Waals surface area contributed by atoms with Crippen LogP contribution >= 0.6 is 34.0 Å². The summed E-state index contributed by atoms with van der Waals surface area (Å²) in [6.45, 7) is 22.1. The number of hydrogen-bond acceptors (Lipinski definition) is 6. The van der Waals surface area contributed by atoms with E-state index in [0.29, 0.717) is 9.75 Å². The maximum atomic E-state index is 17.1. The van der Waals surface area contributed by atoms with Crippen molar-refractivity contribution in [3.05, 3.63) is 92.2 Å². The van der Waals surface area contributed by atoms with Crippen LogP contribution in [0, 0.1) is 13.8 Å². The Kier molecular flexibility index (Phi) is 10.7. The van der Waals surface area contributed by atoms with Crippen LogP contribution in [0.3, 0.4) is 0 Å². The van der Waals surface area contributed by atoms with Gasteiger partial charge >= 0.3 is 17.8 Å². The van der Waals surface area contributed by atoms with Gasteiger partial charge in [0.2, 0.25) is 0 Å². The van der Waals surface area contributed by atoms with Crippen molar-refractivity contribution in [3.8, 4) is 42.3 Å². The highest BCUT2D eigenvalue weighted by Crippen LogP contribution is 2.68. The summed E-state index contributed by atoms with van der Waals surface area (Å²) in [5.74, 6) is -16.5. The largest absolute Gasteiger partial charge is 0.493 e. The zero-order chi connectivity index (χ0) is 44.3. The van der Waals surface area contributed by atoms with Gasteiger partial charge in [-0.2, -0.15) is 26.3 Å². The van der Waals surface area contributed by atoms with E-state index in [9.17, 15) is 0 Å². The Labute approximate surface area is 360 Å². The number of halogens is 6. The lowest BCUT2D eigenvalue weighted by Gasteiger charge is -2.26. The van der Waals surface area contributed by atoms with Crippen LogP contribution < -0.4 is 9.47 Å². The number of fused-ring (bicyclic) bond motifs is 1. The lowest BCUT2D eigenvalue weighted by atomic mass is 9.86. The average Bonchev–Trinajstić information content (AvgIpc) is 3.97. The van der Waals surface area contributed by atoms with E-state index in [2.05, 4.69) is 26.8 Å². The van der Waals surface area contributed by atoms with Crippen molar-refractivity contribution in [1.29, 1.82) is 0 Å². The smallest absolute Gasteiger partial charge is 0.380 e. The predicted molar refractivity (Wildman–Crippen MR) is 238 cm³/mol.